The van der Waals surface area contributed by atoms with E-state index in [1.54, 1.807) is 12.1 Å². The lowest BCUT2D eigenvalue weighted by Gasteiger charge is -2.36. The van der Waals surface area contributed by atoms with E-state index in [4.69, 9.17) is 5.73 Å². The number of phenolic OH excluding ortho intramolecular Hbond substituents is 1. The second-order valence-corrected chi connectivity index (χ2v) is 7.44. The van der Waals surface area contributed by atoms with Crippen molar-refractivity contribution in [3.63, 3.8) is 0 Å². The van der Waals surface area contributed by atoms with E-state index in [1.165, 1.54) is 11.8 Å². The number of nitrogens with zero attached hydrogens (tertiary/aromatic N) is 2. The van der Waals surface area contributed by atoms with Gasteiger partial charge in [0.2, 0.25) is 0 Å². The van der Waals surface area contributed by atoms with Crippen LogP contribution >= 0.6 is 0 Å². The monoisotopic (exact) mass is 398 g/mol. The second-order valence-electron chi connectivity index (χ2n) is 7.44. The summed E-state index contributed by atoms with van der Waals surface area (Å²) in [6, 6.07) is 14.4. The van der Waals surface area contributed by atoms with Crippen molar-refractivity contribution in [3.8, 4) is 5.75 Å². The smallest absolute Gasteiger partial charge is 0.316 e. The number of anilines is 2. The molecule has 0 aromatic heterocycles. The molecular weight excluding hydrogens is 368 g/mol. The minimum absolute atomic E-state index is 0.0746. The Balaban J connectivity index is 1.38. The third-order valence-corrected chi connectivity index (χ3v) is 5.36. The van der Waals surface area contributed by atoms with Crippen molar-refractivity contribution in [2.24, 2.45) is 5.73 Å². The number of hydrogen-bond acceptors (Lipinski definition) is 5. The number of aliphatic hydroxyl groups is 1. The molecule has 2 amide bonds. The molecule has 0 bridgehead atoms. The molecule has 1 aliphatic heterocycles. The number of unbranched alkanes of at least 4 members (excludes halogenated alkanes) is 1. The molecule has 1 saturated heterocycles. The summed E-state index contributed by atoms with van der Waals surface area (Å²) in [6.45, 7) is 5.21. The maximum atomic E-state index is 11.0. The SMILES string of the molecule is NC(=O)Nc1cc(C(O)CCCCN2CCN(c3ccccc3)CC2)ccc1O. The number of carbonyl (C=O) groups excluding carboxylic acids is 1. The second kappa shape index (κ2) is 10.1. The van der Waals surface area contributed by atoms with Crippen LogP contribution in [0.15, 0.2) is 48.5 Å². The van der Waals surface area contributed by atoms with E-state index in [0.717, 1.165) is 45.6 Å². The van der Waals surface area contributed by atoms with Crippen LogP contribution in [0, 0.1) is 0 Å². The van der Waals surface area contributed by atoms with Gasteiger partial charge in [0.15, 0.2) is 0 Å². The molecule has 1 aliphatic rings. The number of aliphatic hydroxyl groups excluding tert-OH is 1. The fourth-order valence-electron chi connectivity index (χ4n) is 3.70. The first kappa shape index (κ1) is 21.0. The van der Waals surface area contributed by atoms with Gasteiger partial charge in [-0.2, -0.15) is 0 Å². The molecule has 1 unspecified atom stereocenters. The minimum Gasteiger partial charge on any atom is -0.506 e. The van der Waals surface area contributed by atoms with Gasteiger partial charge in [0.1, 0.15) is 5.75 Å². The van der Waals surface area contributed by atoms with E-state index in [1.807, 2.05) is 6.07 Å². The van der Waals surface area contributed by atoms with Crippen molar-refractivity contribution in [2.75, 3.05) is 42.9 Å². The first-order valence-corrected chi connectivity index (χ1v) is 10.1. The highest BCUT2D eigenvalue weighted by Gasteiger charge is 2.17. The summed E-state index contributed by atoms with van der Waals surface area (Å²) in [4.78, 5) is 15.9. The molecule has 5 N–H and O–H groups in total. The van der Waals surface area contributed by atoms with Gasteiger partial charge in [0, 0.05) is 31.9 Å². The van der Waals surface area contributed by atoms with Crippen LogP contribution in [-0.4, -0.2) is 53.9 Å². The number of phenols is 1. The van der Waals surface area contributed by atoms with Gasteiger partial charge in [-0.25, -0.2) is 4.79 Å². The number of nitrogens with one attached hydrogen (secondary N) is 1. The number of amides is 2. The van der Waals surface area contributed by atoms with Crippen LogP contribution in [0.25, 0.3) is 0 Å². The highest BCUT2D eigenvalue weighted by atomic mass is 16.3. The summed E-state index contributed by atoms with van der Waals surface area (Å²) >= 11 is 0. The Labute approximate surface area is 171 Å². The number of urea groups is 1. The lowest BCUT2D eigenvalue weighted by atomic mass is 10.0. The Morgan fingerprint density at radius 3 is 2.48 bits per heavy atom. The van der Waals surface area contributed by atoms with E-state index < -0.39 is 12.1 Å². The van der Waals surface area contributed by atoms with Crippen molar-refractivity contribution in [3.05, 3.63) is 54.1 Å². The number of piperazine rings is 1. The van der Waals surface area contributed by atoms with Crippen LogP contribution in [-0.2, 0) is 0 Å². The zero-order chi connectivity index (χ0) is 20.6. The molecule has 0 aliphatic carbocycles. The molecule has 7 nitrogen and oxygen atoms in total. The Kier molecular flexibility index (Phi) is 7.32. The van der Waals surface area contributed by atoms with Gasteiger partial charge in [-0.05, 0) is 55.6 Å². The zero-order valence-corrected chi connectivity index (χ0v) is 16.6. The average Bonchev–Trinajstić information content (AvgIpc) is 2.73. The van der Waals surface area contributed by atoms with Crippen LogP contribution < -0.4 is 16.0 Å². The molecule has 1 heterocycles. The summed E-state index contributed by atoms with van der Waals surface area (Å²) < 4.78 is 0. The Morgan fingerprint density at radius 1 is 1.07 bits per heavy atom. The van der Waals surface area contributed by atoms with Gasteiger partial charge in [-0.1, -0.05) is 24.3 Å². The molecule has 7 heteroatoms. The van der Waals surface area contributed by atoms with E-state index in [-0.39, 0.29) is 11.4 Å². The van der Waals surface area contributed by atoms with Crippen molar-refractivity contribution < 1.29 is 15.0 Å². The third-order valence-electron chi connectivity index (χ3n) is 5.36. The van der Waals surface area contributed by atoms with Gasteiger partial charge in [-0.15, -0.1) is 0 Å². The lowest BCUT2D eigenvalue weighted by molar-refractivity contribution is 0.160. The summed E-state index contributed by atoms with van der Waals surface area (Å²) in [7, 11) is 0. The molecular formula is C22H30N4O3. The predicted molar refractivity (Wildman–Crippen MR) is 115 cm³/mol. The first-order chi connectivity index (χ1) is 14.0. The van der Waals surface area contributed by atoms with Crippen molar-refractivity contribution in [1.29, 1.82) is 0 Å². The average molecular weight is 399 g/mol. The van der Waals surface area contributed by atoms with Gasteiger partial charge in [0.05, 0.1) is 11.8 Å². The molecule has 29 heavy (non-hydrogen) atoms. The molecule has 1 fully saturated rings. The fraction of sp³-hybridized carbons (Fsp3) is 0.409. The van der Waals surface area contributed by atoms with E-state index >= 15 is 0 Å². The Morgan fingerprint density at radius 2 is 1.79 bits per heavy atom. The molecule has 2 aromatic carbocycles. The number of aromatic hydroxyl groups is 1. The van der Waals surface area contributed by atoms with Gasteiger partial charge in [0.25, 0.3) is 0 Å². The zero-order valence-electron chi connectivity index (χ0n) is 16.6. The van der Waals surface area contributed by atoms with Crippen molar-refractivity contribution >= 4 is 17.4 Å². The molecule has 0 saturated carbocycles. The quantitative estimate of drug-likeness (QED) is 0.405. The predicted octanol–water partition coefficient (Wildman–Crippen LogP) is 2.91. The van der Waals surface area contributed by atoms with Crippen LogP contribution in [0.4, 0.5) is 16.2 Å². The van der Waals surface area contributed by atoms with Gasteiger partial charge >= 0.3 is 6.03 Å². The minimum atomic E-state index is -0.751. The highest BCUT2D eigenvalue weighted by Crippen LogP contribution is 2.29. The van der Waals surface area contributed by atoms with Gasteiger partial charge in [-0.3, -0.25) is 4.90 Å². The van der Waals surface area contributed by atoms with Crippen LogP contribution in [0.1, 0.15) is 30.9 Å². The molecule has 2 aromatic rings. The van der Waals surface area contributed by atoms with E-state index in [9.17, 15) is 15.0 Å². The number of carbonyl (C=O) groups is 1. The van der Waals surface area contributed by atoms with Crippen LogP contribution in [0.3, 0.4) is 0 Å². The number of rotatable bonds is 8. The summed E-state index contributed by atoms with van der Waals surface area (Å²) in [5.74, 6) is -0.0746. The lowest BCUT2D eigenvalue weighted by Crippen LogP contribution is -2.46. The summed E-state index contributed by atoms with van der Waals surface area (Å²) in [5, 5.41) is 22.5. The number of nitrogens with two attached hydrogens (primary N) is 1. The summed E-state index contributed by atoms with van der Waals surface area (Å²) in [6.07, 6.45) is 1.91. The fourth-order valence-corrected chi connectivity index (χ4v) is 3.70. The van der Waals surface area contributed by atoms with Gasteiger partial charge < -0.3 is 26.2 Å². The standard InChI is InChI=1S/C22H30N4O3/c23-22(29)24-19-16-17(9-10-21(19)28)20(27)8-4-5-11-25-12-14-26(15-13-25)18-6-2-1-3-7-18/h1-3,6-7,9-10,16,20,27-28H,4-5,8,11-15H2,(H3,23,24,29). The van der Waals surface area contributed by atoms with Crippen LogP contribution in [0.2, 0.25) is 0 Å². The molecule has 0 radical (unpaired) electrons. The highest BCUT2D eigenvalue weighted by molar-refractivity contribution is 5.89. The van der Waals surface area contributed by atoms with Crippen molar-refractivity contribution in [1.82, 2.24) is 4.90 Å². The number of hydrogen-bond donors (Lipinski definition) is 4. The van der Waals surface area contributed by atoms with Crippen LogP contribution in [0.5, 0.6) is 5.75 Å². The normalized spacial score (nSPS) is 15.8. The topological polar surface area (TPSA) is 102 Å². The maximum absolute atomic E-state index is 11.0. The number of benzene rings is 2. The largest absolute Gasteiger partial charge is 0.506 e. The third kappa shape index (κ3) is 6.10. The molecule has 3 rings (SSSR count). The van der Waals surface area contributed by atoms with E-state index in [0.29, 0.717) is 12.0 Å². The molecule has 0 spiro atoms. The van der Waals surface area contributed by atoms with Crippen molar-refractivity contribution in [2.45, 2.75) is 25.4 Å². The maximum Gasteiger partial charge on any atom is 0.316 e. The summed E-state index contributed by atoms with van der Waals surface area (Å²) in [5.41, 5.74) is 7.25. The Hall–Kier alpha value is -2.77. The number of primary amides is 1. The number of para-hydroxylation sites is 1. The van der Waals surface area contributed by atoms with E-state index in [2.05, 4.69) is 39.4 Å². The molecule has 156 valence electrons. The first-order valence-electron chi connectivity index (χ1n) is 10.1. The molecule has 1 atom stereocenters. The Bertz CT molecular complexity index is 792.